The average molecular weight is 719 g/mol. The minimum atomic E-state index is -0.329. The Morgan fingerprint density at radius 1 is 0.600 bits per heavy atom. The molecule has 0 saturated carbocycles. The second kappa shape index (κ2) is 12.8. The van der Waals surface area contributed by atoms with Crippen molar-refractivity contribution in [3.63, 3.8) is 0 Å². The third kappa shape index (κ3) is 5.95. The van der Waals surface area contributed by atoms with Gasteiger partial charge in [0, 0.05) is 39.3 Å². The number of furan rings is 1. The minimum Gasteiger partial charge on any atom is -0.507 e. The van der Waals surface area contributed by atoms with E-state index in [0.717, 1.165) is 60.8 Å². The van der Waals surface area contributed by atoms with Crippen molar-refractivity contribution in [2.24, 2.45) is 0 Å². The van der Waals surface area contributed by atoms with Crippen molar-refractivity contribution in [3.05, 3.63) is 151 Å². The van der Waals surface area contributed by atoms with Crippen molar-refractivity contribution >= 4 is 60.8 Å². The maximum Gasteiger partial charge on any atom is 0.180 e. The molecular formula is C49H42N4O2. The van der Waals surface area contributed by atoms with E-state index < -0.39 is 0 Å². The molecule has 6 nitrogen and oxygen atoms in total. The molecule has 3 aromatic heterocycles. The van der Waals surface area contributed by atoms with Crippen molar-refractivity contribution in [1.82, 2.24) is 15.0 Å². The van der Waals surface area contributed by atoms with Crippen LogP contribution in [-0.4, -0.2) is 20.1 Å². The van der Waals surface area contributed by atoms with Gasteiger partial charge in [-0.3, -0.25) is 4.90 Å². The normalized spacial score (nSPS) is 12.3. The van der Waals surface area contributed by atoms with Gasteiger partial charge in [-0.2, -0.15) is 0 Å². The number of nitrogens with zero attached hydrogens (tertiary/aromatic N) is 4. The fourth-order valence-corrected chi connectivity index (χ4v) is 7.61. The van der Waals surface area contributed by atoms with E-state index in [1.54, 1.807) is 0 Å². The summed E-state index contributed by atoms with van der Waals surface area (Å²) in [5.41, 5.74) is 7.33. The first kappa shape index (κ1) is 34.3. The van der Waals surface area contributed by atoms with Gasteiger partial charge in [0.2, 0.25) is 0 Å². The average Bonchev–Trinajstić information content (AvgIpc) is 3.56. The quantitative estimate of drug-likeness (QED) is 0.191. The number of fused-ring (bicyclic) bond motifs is 5. The SMILES string of the molecule is CC(C)(C)c1cc(-c2nc(-c3cc(N(c4ccccn4)c4cccc5ccccc45)cc4ccccc34)nc3c2oc2ccccc23)c(O)c(C(C)(C)C)c1. The molecule has 0 bridgehead atoms. The molecule has 0 amide bonds. The molecule has 6 aromatic carbocycles. The van der Waals surface area contributed by atoms with Gasteiger partial charge in [-0.05, 0) is 81.1 Å². The summed E-state index contributed by atoms with van der Waals surface area (Å²) >= 11 is 0. The van der Waals surface area contributed by atoms with Crippen LogP contribution in [0.4, 0.5) is 17.2 Å². The monoisotopic (exact) mass is 718 g/mol. The van der Waals surface area contributed by atoms with Crippen LogP contribution in [-0.2, 0) is 10.8 Å². The molecule has 270 valence electrons. The summed E-state index contributed by atoms with van der Waals surface area (Å²) < 4.78 is 6.59. The van der Waals surface area contributed by atoms with Gasteiger partial charge in [-0.25, -0.2) is 15.0 Å². The second-order valence-corrected chi connectivity index (χ2v) is 16.3. The first-order valence-corrected chi connectivity index (χ1v) is 18.8. The Morgan fingerprint density at radius 2 is 1.29 bits per heavy atom. The highest BCUT2D eigenvalue weighted by Crippen LogP contribution is 2.46. The summed E-state index contributed by atoms with van der Waals surface area (Å²) in [6.45, 7) is 13.0. The number of hydrogen-bond donors (Lipinski definition) is 1. The lowest BCUT2D eigenvalue weighted by atomic mass is 9.78. The smallest absolute Gasteiger partial charge is 0.180 e. The van der Waals surface area contributed by atoms with E-state index in [-0.39, 0.29) is 16.6 Å². The van der Waals surface area contributed by atoms with E-state index in [2.05, 4.69) is 131 Å². The van der Waals surface area contributed by atoms with Crippen LogP contribution in [0.15, 0.2) is 144 Å². The fraction of sp³-hybridized carbons (Fsp3) is 0.163. The predicted molar refractivity (Wildman–Crippen MR) is 227 cm³/mol. The van der Waals surface area contributed by atoms with Crippen LogP contribution in [0.1, 0.15) is 52.7 Å². The van der Waals surface area contributed by atoms with Crippen LogP contribution in [0.25, 0.3) is 66.3 Å². The summed E-state index contributed by atoms with van der Waals surface area (Å²) in [5.74, 6) is 1.52. The van der Waals surface area contributed by atoms with Crippen LogP contribution in [0.3, 0.4) is 0 Å². The van der Waals surface area contributed by atoms with Crippen LogP contribution in [0, 0.1) is 0 Å². The Kier molecular flexibility index (Phi) is 7.97. The second-order valence-electron chi connectivity index (χ2n) is 16.3. The molecule has 0 aliphatic rings. The number of phenolic OH excluding ortho intramolecular Hbond substituents is 1. The zero-order chi connectivity index (χ0) is 38.1. The number of anilines is 3. The molecule has 0 fully saturated rings. The van der Waals surface area contributed by atoms with E-state index in [1.165, 1.54) is 0 Å². The predicted octanol–water partition coefficient (Wildman–Crippen LogP) is 13.2. The van der Waals surface area contributed by atoms with Crippen LogP contribution in [0.5, 0.6) is 5.75 Å². The van der Waals surface area contributed by atoms with Gasteiger partial charge in [-0.15, -0.1) is 0 Å². The Morgan fingerprint density at radius 3 is 2.04 bits per heavy atom. The highest BCUT2D eigenvalue weighted by Gasteiger charge is 2.29. The maximum atomic E-state index is 12.2. The van der Waals surface area contributed by atoms with E-state index in [9.17, 15) is 5.11 Å². The Hall–Kier alpha value is -6.53. The summed E-state index contributed by atoms with van der Waals surface area (Å²) in [7, 11) is 0. The van der Waals surface area contributed by atoms with Gasteiger partial charge in [0.1, 0.15) is 28.4 Å². The van der Waals surface area contributed by atoms with E-state index in [0.29, 0.717) is 33.8 Å². The molecule has 0 atom stereocenters. The zero-order valence-corrected chi connectivity index (χ0v) is 31.9. The van der Waals surface area contributed by atoms with Crippen molar-refractivity contribution < 1.29 is 9.52 Å². The molecule has 0 spiro atoms. The standard InChI is InChI=1S/C49H42N4O2/c1-48(2,3)32-27-38(45(54)39(28-32)49(4,5)6)44-46-43(36-21-11-12-23-41(36)55-46)51-47(52-44)37-29-33(26-31-17-8-9-19-34(31)37)53(42-24-13-14-25-50-42)40-22-15-18-30-16-7-10-20-35(30)40/h7-29,54H,1-6H3. The van der Waals surface area contributed by atoms with Gasteiger partial charge in [0.05, 0.1) is 5.69 Å². The fourth-order valence-electron chi connectivity index (χ4n) is 7.61. The number of pyridine rings is 1. The summed E-state index contributed by atoms with van der Waals surface area (Å²) in [6, 6.07) is 45.7. The largest absolute Gasteiger partial charge is 0.507 e. The van der Waals surface area contributed by atoms with E-state index in [4.69, 9.17) is 19.4 Å². The topological polar surface area (TPSA) is 75.3 Å². The van der Waals surface area contributed by atoms with Gasteiger partial charge in [0.15, 0.2) is 11.4 Å². The zero-order valence-electron chi connectivity index (χ0n) is 31.9. The first-order chi connectivity index (χ1) is 26.5. The van der Waals surface area contributed by atoms with Gasteiger partial charge >= 0.3 is 0 Å². The van der Waals surface area contributed by atoms with Gasteiger partial charge < -0.3 is 9.52 Å². The third-order valence-electron chi connectivity index (χ3n) is 10.5. The van der Waals surface area contributed by atoms with Crippen molar-refractivity contribution in [1.29, 1.82) is 0 Å². The van der Waals surface area contributed by atoms with Crippen LogP contribution in [0.2, 0.25) is 0 Å². The Bertz CT molecular complexity index is 2910. The van der Waals surface area contributed by atoms with E-state index >= 15 is 0 Å². The molecule has 0 saturated heterocycles. The Labute approximate surface area is 320 Å². The van der Waals surface area contributed by atoms with E-state index in [1.807, 2.05) is 54.7 Å². The molecule has 0 unspecified atom stereocenters. The number of aromatic nitrogens is 3. The highest BCUT2D eigenvalue weighted by molar-refractivity contribution is 6.09. The van der Waals surface area contributed by atoms with Gasteiger partial charge in [0.25, 0.3) is 0 Å². The van der Waals surface area contributed by atoms with Gasteiger partial charge in [-0.1, -0.05) is 126 Å². The molecule has 3 heterocycles. The number of para-hydroxylation sites is 1. The number of rotatable bonds is 5. The van der Waals surface area contributed by atoms with Crippen LogP contribution >= 0.6 is 0 Å². The number of hydrogen-bond acceptors (Lipinski definition) is 6. The molecule has 1 N–H and O–H groups in total. The molecule has 9 aromatic rings. The lowest BCUT2D eigenvalue weighted by Crippen LogP contribution is -2.17. The number of aromatic hydroxyl groups is 1. The molecule has 9 rings (SSSR count). The Balaban J connectivity index is 1.37. The summed E-state index contributed by atoms with van der Waals surface area (Å²) in [5, 5.41) is 17.3. The lowest BCUT2D eigenvalue weighted by molar-refractivity contribution is 0.446. The third-order valence-corrected chi connectivity index (χ3v) is 10.5. The molecule has 0 aliphatic carbocycles. The van der Waals surface area contributed by atoms with Crippen molar-refractivity contribution in [2.45, 2.75) is 52.4 Å². The van der Waals surface area contributed by atoms with Crippen molar-refractivity contribution in [2.75, 3.05) is 4.90 Å². The van der Waals surface area contributed by atoms with Crippen LogP contribution < -0.4 is 4.90 Å². The first-order valence-electron chi connectivity index (χ1n) is 18.8. The lowest BCUT2D eigenvalue weighted by Gasteiger charge is -2.27. The molecule has 55 heavy (non-hydrogen) atoms. The molecule has 0 radical (unpaired) electrons. The molecular weight excluding hydrogens is 677 g/mol. The molecule has 0 aliphatic heterocycles. The number of phenols is 1. The maximum absolute atomic E-state index is 12.2. The minimum absolute atomic E-state index is 0.188. The number of benzene rings is 6. The summed E-state index contributed by atoms with van der Waals surface area (Å²) in [6.07, 6.45) is 1.83. The summed E-state index contributed by atoms with van der Waals surface area (Å²) in [4.78, 5) is 17.8. The highest BCUT2D eigenvalue weighted by atomic mass is 16.3. The molecule has 6 heteroatoms. The van der Waals surface area contributed by atoms with Crippen molar-refractivity contribution in [3.8, 4) is 28.4 Å².